The maximum atomic E-state index is 10.1. The van der Waals surface area contributed by atoms with E-state index in [1.807, 2.05) is 6.20 Å². The molecule has 2 aromatic rings. The summed E-state index contributed by atoms with van der Waals surface area (Å²) in [6.45, 7) is 5.44. The van der Waals surface area contributed by atoms with E-state index in [1.165, 1.54) is 16.9 Å². The van der Waals surface area contributed by atoms with Gasteiger partial charge in [-0.2, -0.15) is 0 Å². The highest BCUT2D eigenvalue weighted by Gasteiger charge is 2.34. The van der Waals surface area contributed by atoms with Gasteiger partial charge >= 0.3 is 0 Å². The number of hydrogen-bond acceptors (Lipinski definition) is 4. The fourth-order valence-corrected chi connectivity index (χ4v) is 4.45. The number of aliphatic hydroxyl groups excluding tert-OH is 1. The Morgan fingerprint density at radius 1 is 1.30 bits per heavy atom. The largest absolute Gasteiger partial charge is 0.396 e. The number of aliphatic hydroxyl groups is 1. The molecule has 0 bridgehead atoms. The van der Waals surface area contributed by atoms with Crippen molar-refractivity contribution in [2.45, 2.75) is 39.2 Å². The van der Waals surface area contributed by atoms with E-state index >= 15 is 0 Å². The molecule has 0 radical (unpaired) electrons. The van der Waals surface area contributed by atoms with Gasteiger partial charge in [0.2, 0.25) is 0 Å². The molecule has 2 heterocycles. The van der Waals surface area contributed by atoms with Crippen molar-refractivity contribution < 1.29 is 5.11 Å². The van der Waals surface area contributed by atoms with Crippen molar-refractivity contribution >= 4 is 11.3 Å². The van der Waals surface area contributed by atoms with E-state index in [4.69, 9.17) is 0 Å². The fourth-order valence-electron chi connectivity index (χ4n) is 3.61. The van der Waals surface area contributed by atoms with Crippen molar-refractivity contribution in [3.63, 3.8) is 0 Å². The molecule has 1 aromatic carbocycles. The van der Waals surface area contributed by atoms with E-state index in [-0.39, 0.29) is 12.0 Å². The number of aromatic nitrogens is 1. The Bertz CT molecular complexity index is 613. The Hall–Kier alpha value is -1.23. The topological polar surface area (TPSA) is 36.4 Å². The van der Waals surface area contributed by atoms with Crippen molar-refractivity contribution in [1.29, 1.82) is 0 Å². The molecule has 4 heteroatoms. The molecule has 1 N–H and O–H groups in total. The Morgan fingerprint density at radius 3 is 2.83 bits per heavy atom. The van der Waals surface area contributed by atoms with Crippen LogP contribution in [0.25, 0.3) is 0 Å². The van der Waals surface area contributed by atoms with Gasteiger partial charge in [0.15, 0.2) is 0 Å². The minimum atomic E-state index is 0.0494. The van der Waals surface area contributed by atoms with Crippen molar-refractivity contribution in [2.75, 3.05) is 19.7 Å². The molecule has 3 rings (SSSR count). The maximum Gasteiger partial charge on any atom is 0.0897 e. The smallest absolute Gasteiger partial charge is 0.0897 e. The summed E-state index contributed by atoms with van der Waals surface area (Å²) < 4.78 is 0. The summed E-state index contributed by atoms with van der Waals surface area (Å²) in [5.41, 5.74) is 1.42. The van der Waals surface area contributed by atoms with Gasteiger partial charge in [0.05, 0.1) is 5.01 Å². The van der Waals surface area contributed by atoms with Gasteiger partial charge in [0, 0.05) is 36.2 Å². The van der Waals surface area contributed by atoms with Gasteiger partial charge in [-0.25, -0.2) is 4.98 Å². The second kappa shape index (κ2) is 7.56. The summed E-state index contributed by atoms with van der Waals surface area (Å²) in [5.74, 6) is 0. The summed E-state index contributed by atoms with van der Waals surface area (Å²) in [7, 11) is 0. The first-order valence-electron chi connectivity index (χ1n) is 8.48. The predicted molar refractivity (Wildman–Crippen MR) is 95.6 cm³/mol. The zero-order valence-electron chi connectivity index (χ0n) is 13.9. The molecule has 1 fully saturated rings. The third-order valence-electron chi connectivity index (χ3n) is 4.91. The fraction of sp³-hybridized carbons (Fsp3) is 0.526. The van der Waals surface area contributed by atoms with Gasteiger partial charge in [0.25, 0.3) is 0 Å². The average Bonchev–Trinajstić information content (AvgIpc) is 2.99. The number of aryl methyl sites for hydroxylation is 2. The number of hydrogen-bond donors (Lipinski definition) is 1. The Labute approximate surface area is 143 Å². The van der Waals surface area contributed by atoms with Crippen molar-refractivity contribution in [1.82, 2.24) is 9.88 Å². The summed E-state index contributed by atoms with van der Waals surface area (Å²) in [6.07, 6.45) is 6.42. The van der Waals surface area contributed by atoms with Crippen LogP contribution in [0.1, 0.15) is 34.7 Å². The highest BCUT2D eigenvalue weighted by atomic mass is 32.1. The minimum absolute atomic E-state index is 0.0494. The van der Waals surface area contributed by atoms with Gasteiger partial charge in [-0.1, -0.05) is 30.3 Å². The Morgan fingerprint density at radius 2 is 2.13 bits per heavy atom. The van der Waals surface area contributed by atoms with Crippen LogP contribution in [0.5, 0.6) is 0 Å². The van der Waals surface area contributed by atoms with Crippen molar-refractivity contribution in [2.24, 2.45) is 5.41 Å². The van der Waals surface area contributed by atoms with Crippen LogP contribution in [0.4, 0.5) is 0 Å². The Kier molecular flexibility index (Phi) is 5.46. The molecule has 3 nitrogen and oxygen atoms in total. The van der Waals surface area contributed by atoms with Gasteiger partial charge in [-0.05, 0) is 44.7 Å². The lowest BCUT2D eigenvalue weighted by molar-refractivity contribution is 0.0228. The molecule has 0 spiro atoms. The molecule has 1 atom stereocenters. The van der Waals surface area contributed by atoms with E-state index in [2.05, 4.69) is 47.1 Å². The lowest BCUT2D eigenvalue weighted by Gasteiger charge is -2.42. The molecule has 124 valence electrons. The van der Waals surface area contributed by atoms with E-state index in [0.717, 1.165) is 43.9 Å². The molecule has 1 aliphatic heterocycles. The minimum Gasteiger partial charge on any atom is -0.396 e. The third kappa shape index (κ3) is 4.40. The molecule has 0 saturated carbocycles. The lowest BCUT2D eigenvalue weighted by atomic mass is 9.76. The molecule has 0 aliphatic carbocycles. The lowest BCUT2D eigenvalue weighted by Crippen LogP contribution is -2.45. The first kappa shape index (κ1) is 16.6. The molecule has 0 amide bonds. The van der Waals surface area contributed by atoms with Crippen LogP contribution in [0.15, 0.2) is 36.5 Å². The molecule has 1 aromatic heterocycles. The Balaban J connectivity index is 1.61. The number of thiazole rings is 1. The van der Waals surface area contributed by atoms with Gasteiger partial charge < -0.3 is 5.11 Å². The summed E-state index contributed by atoms with van der Waals surface area (Å²) >= 11 is 1.78. The van der Waals surface area contributed by atoms with E-state index in [9.17, 15) is 5.11 Å². The first-order chi connectivity index (χ1) is 11.2. The van der Waals surface area contributed by atoms with E-state index in [0.29, 0.717) is 0 Å². The maximum absolute atomic E-state index is 10.1. The summed E-state index contributed by atoms with van der Waals surface area (Å²) in [4.78, 5) is 8.19. The standard InChI is InChI=1S/C19H26N2OS/c1-16-20-12-18(23-16)13-21-11-5-9-19(14-21,15-22)10-8-17-6-3-2-4-7-17/h2-4,6-7,12,22H,5,8-11,13-15H2,1H3/t19-/m0/s1. The molecule has 0 unspecified atom stereocenters. The zero-order valence-corrected chi connectivity index (χ0v) is 14.7. The number of rotatable bonds is 6. The quantitative estimate of drug-likeness (QED) is 0.878. The summed E-state index contributed by atoms with van der Waals surface area (Å²) in [6, 6.07) is 10.6. The van der Waals surface area contributed by atoms with Crippen LogP contribution in [-0.2, 0) is 13.0 Å². The van der Waals surface area contributed by atoms with Crippen molar-refractivity contribution in [3.8, 4) is 0 Å². The van der Waals surface area contributed by atoms with Gasteiger partial charge in [-0.3, -0.25) is 4.90 Å². The van der Waals surface area contributed by atoms with Crippen LogP contribution in [-0.4, -0.2) is 34.7 Å². The molecule has 1 saturated heterocycles. The van der Waals surface area contributed by atoms with E-state index < -0.39 is 0 Å². The van der Waals surface area contributed by atoms with Crippen molar-refractivity contribution in [3.05, 3.63) is 52.0 Å². The average molecular weight is 330 g/mol. The predicted octanol–water partition coefficient (Wildman–Crippen LogP) is 3.66. The first-order valence-corrected chi connectivity index (χ1v) is 9.29. The van der Waals surface area contributed by atoms with Gasteiger partial charge in [0.1, 0.15) is 0 Å². The number of piperidine rings is 1. The van der Waals surface area contributed by atoms with Crippen LogP contribution < -0.4 is 0 Å². The molecule has 23 heavy (non-hydrogen) atoms. The molecule has 1 aliphatic rings. The molecular weight excluding hydrogens is 304 g/mol. The number of likely N-dealkylation sites (tertiary alicyclic amines) is 1. The molecular formula is C19H26N2OS. The van der Waals surface area contributed by atoms with E-state index in [1.54, 1.807) is 11.3 Å². The number of nitrogens with zero attached hydrogens (tertiary/aromatic N) is 2. The third-order valence-corrected chi connectivity index (χ3v) is 5.81. The number of benzene rings is 1. The summed E-state index contributed by atoms with van der Waals surface area (Å²) in [5, 5.41) is 11.2. The highest BCUT2D eigenvalue weighted by Crippen LogP contribution is 2.35. The second-order valence-electron chi connectivity index (χ2n) is 6.80. The SMILES string of the molecule is Cc1ncc(CN2CCC[C@](CO)(CCc3ccccc3)C2)s1. The van der Waals surface area contributed by atoms with Crippen LogP contribution in [0, 0.1) is 12.3 Å². The zero-order chi connectivity index (χ0) is 16.1. The van der Waals surface area contributed by atoms with Crippen LogP contribution in [0.2, 0.25) is 0 Å². The highest BCUT2D eigenvalue weighted by molar-refractivity contribution is 7.11. The second-order valence-corrected chi connectivity index (χ2v) is 8.12. The van der Waals surface area contributed by atoms with Gasteiger partial charge in [-0.15, -0.1) is 11.3 Å². The normalized spacial score (nSPS) is 22.3. The van der Waals surface area contributed by atoms with Crippen LogP contribution >= 0.6 is 11.3 Å². The monoisotopic (exact) mass is 330 g/mol. The van der Waals surface area contributed by atoms with Crippen LogP contribution in [0.3, 0.4) is 0 Å².